The van der Waals surface area contributed by atoms with E-state index in [1.165, 1.54) is 27.1 Å². The zero-order valence-corrected chi connectivity index (χ0v) is 17.2. The van der Waals surface area contributed by atoms with Crippen LogP contribution in [0.2, 0.25) is 0 Å². The van der Waals surface area contributed by atoms with Gasteiger partial charge in [0.25, 0.3) is 5.56 Å². The Morgan fingerprint density at radius 2 is 1.85 bits per heavy atom. The van der Waals surface area contributed by atoms with E-state index < -0.39 is 0 Å². The lowest BCUT2D eigenvalue weighted by molar-refractivity contribution is 0.590. The van der Waals surface area contributed by atoms with Gasteiger partial charge in [0.15, 0.2) is 0 Å². The SMILES string of the molecule is Cc1nc2sc3c(c2c(=O)n1/N=C\c1ccc(C(C)(C)C)cc1)CCCC3. The standard InChI is InChI=1S/C22H25N3OS/c1-14-24-20-19(17-7-5-6-8-18(17)27-20)21(26)25(14)23-13-15-9-11-16(12-10-15)22(2,3)4/h9-13H,5-8H2,1-4H3/b23-13-. The van der Waals surface area contributed by atoms with E-state index in [1.807, 2.05) is 19.1 Å². The van der Waals surface area contributed by atoms with Crippen molar-refractivity contribution in [1.82, 2.24) is 9.66 Å². The molecule has 1 aliphatic rings. The Labute approximate surface area is 163 Å². The molecule has 0 fully saturated rings. The highest BCUT2D eigenvalue weighted by molar-refractivity contribution is 7.18. The van der Waals surface area contributed by atoms with Crippen LogP contribution >= 0.6 is 11.3 Å². The molecule has 0 amide bonds. The van der Waals surface area contributed by atoms with Gasteiger partial charge in [0.2, 0.25) is 0 Å². The first-order valence-corrected chi connectivity index (χ1v) is 10.3. The van der Waals surface area contributed by atoms with Gasteiger partial charge < -0.3 is 0 Å². The Hall–Kier alpha value is -2.27. The number of benzene rings is 1. The fraction of sp³-hybridized carbons (Fsp3) is 0.409. The van der Waals surface area contributed by atoms with Crippen molar-refractivity contribution in [1.29, 1.82) is 0 Å². The second-order valence-electron chi connectivity index (χ2n) is 8.28. The fourth-order valence-corrected chi connectivity index (χ4v) is 4.92. The summed E-state index contributed by atoms with van der Waals surface area (Å²) in [5.74, 6) is 0.633. The second-order valence-corrected chi connectivity index (χ2v) is 9.37. The molecular formula is C22H25N3OS. The predicted octanol–water partition coefficient (Wildman–Crippen LogP) is 4.82. The van der Waals surface area contributed by atoms with Crippen molar-refractivity contribution in [3.05, 3.63) is 62.0 Å². The molecule has 0 bridgehead atoms. The number of aryl methyl sites for hydroxylation is 3. The maximum atomic E-state index is 13.1. The van der Waals surface area contributed by atoms with Gasteiger partial charge in [0, 0.05) is 4.88 Å². The zero-order chi connectivity index (χ0) is 19.2. The van der Waals surface area contributed by atoms with E-state index in [9.17, 15) is 4.79 Å². The van der Waals surface area contributed by atoms with Gasteiger partial charge >= 0.3 is 0 Å². The summed E-state index contributed by atoms with van der Waals surface area (Å²) >= 11 is 1.68. The van der Waals surface area contributed by atoms with Crippen molar-refractivity contribution in [3.8, 4) is 0 Å². The van der Waals surface area contributed by atoms with Crippen LogP contribution in [0.5, 0.6) is 0 Å². The van der Waals surface area contributed by atoms with Gasteiger partial charge in [-0.3, -0.25) is 4.79 Å². The molecule has 0 saturated carbocycles. The van der Waals surface area contributed by atoms with Crippen LogP contribution in [0.25, 0.3) is 10.2 Å². The molecule has 0 saturated heterocycles. The van der Waals surface area contributed by atoms with Crippen molar-refractivity contribution in [2.24, 2.45) is 5.10 Å². The summed E-state index contributed by atoms with van der Waals surface area (Å²) in [6, 6.07) is 8.33. The smallest absolute Gasteiger partial charge is 0.267 e. The molecule has 0 spiro atoms. The fourth-order valence-electron chi connectivity index (χ4n) is 3.63. The maximum absolute atomic E-state index is 13.1. The lowest BCUT2D eigenvalue weighted by atomic mass is 9.87. The van der Waals surface area contributed by atoms with E-state index in [-0.39, 0.29) is 11.0 Å². The Kier molecular flexibility index (Phi) is 4.50. The Bertz CT molecular complexity index is 1080. The topological polar surface area (TPSA) is 47.2 Å². The minimum absolute atomic E-state index is 0.0422. The summed E-state index contributed by atoms with van der Waals surface area (Å²) in [6.45, 7) is 8.43. The average Bonchev–Trinajstić information content (AvgIpc) is 2.99. The van der Waals surface area contributed by atoms with Gasteiger partial charge in [-0.25, -0.2) is 4.98 Å². The Morgan fingerprint density at radius 3 is 2.56 bits per heavy atom. The quantitative estimate of drug-likeness (QED) is 0.599. The van der Waals surface area contributed by atoms with Crippen molar-refractivity contribution < 1.29 is 0 Å². The van der Waals surface area contributed by atoms with Crippen molar-refractivity contribution in [2.45, 2.75) is 58.8 Å². The van der Waals surface area contributed by atoms with Gasteiger partial charge in [-0.15, -0.1) is 11.3 Å². The van der Waals surface area contributed by atoms with Crippen LogP contribution in [-0.4, -0.2) is 15.9 Å². The lowest BCUT2D eigenvalue weighted by Gasteiger charge is -2.18. The molecule has 3 aromatic rings. The van der Waals surface area contributed by atoms with Crippen LogP contribution in [0.1, 0.15) is 61.0 Å². The van der Waals surface area contributed by atoms with Crippen LogP contribution in [0.3, 0.4) is 0 Å². The number of thiophene rings is 1. The number of hydrogen-bond donors (Lipinski definition) is 0. The summed E-state index contributed by atoms with van der Waals surface area (Å²) < 4.78 is 1.45. The summed E-state index contributed by atoms with van der Waals surface area (Å²) in [6.07, 6.45) is 6.14. The summed E-state index contributed by atoms with van der Waals surface area (Å²) in [7, 11) is 0. The first-order valence-electron chi connectivity index (χ1n) is 9.53. The number of fused-ring (bicyclic) bond motifs is 3. The van der Waals surface area contributed by atoms with Gasteiger partial charge in [0.05, 0.1) is 11.6 Å². The first-order chi connectivity index (χ1) is 12.8. The Morgan fingerprint density at radius 1 is 1.15 bits per heavy atom. The van der Waals surface area contributed by atoms with Crippen LogP contribution in [0, 0.1) is 6.92 Å². The highest BCUT2D eigenvalue weighted by Gasteiger charge is 2.21. The van der Waals surface area contributed by atoms with E-state index in [2.05, 4.69) is 43.0 Å². The molecule has 140 valence electrons. The molecule has 2 heterocycles. The van der Waals surface area contributed by atoms with Crippen molar-refractivity contribution >= 4 is 27.8 Å². The summed E-state index contributed by atoms with van der Waals surface area (Å²) in [5, 5.41) is 5.25. The summed E-state index contributed by atoms with van der Waals surface area (Å²) in [5.41, 5.74) is 3.54. The van der Waals surface area contributed by atoms with Crippen molar-refractivity contribution in [3.63, 3.8) is 0 Å². The number of aromatic nitrogens is 2. The zero-order valence-electron chi connectivity index (χ0n) is 16.4. The van der Waals surface area contributed by atoms with Gasteiger partial charge in [-0.05, 0) is 54.7 Å². The van der Waals surface area contributed by atoms with Crippen LogP contribution < -0.4 is 5.56 Å². The number of rotatable bonds is 2. The lowest BCUT2D eigenvalue weighted by Crippen LogP contribution is -2.21. The molecule has 0 N–H and O–H groups in total. The maximum Gasteiger partial charge on any atom is 0.283 e. The normalized spacial score (nSPS) is 14.8. The minimum Gasteiger partial charge on any atom is -0.267 e. The van der Waals surface area contributed by atoms with Gasteiger partial charge in [-0.1, -0.05) is 45.0 Å². The van der Waals surface area contributed by atoms with Crippen LogP contribution in [0.15, 0.2) is 34.2 Å². The predicted molar refractivity (Wildman–Crippen MR) is 113 cm³/mol. The Balaban J connectivity index is 1.73. The van der Waals surface area contributed by atoms with Crippen LogP contribution in [0.4, 0.5) is 0 Å². The van der Waals surface area contributed by atoms with E-state index in [1.54, 1.807) is 17.6 Å². The van der Waals surface area contributed by atoms with E-state index in [4.69, 9.17) is 0 Å². The largest absolute Gasteiger partial charge is 0.283 e. The van der Waals surface area contributed by atoms with Crippen LogP contribution in [-0.2, 0) is 18.3 Å². The van der Waals surface area contributed by atoms with E-state index in [0.717, 1.165) is 35.0 Å². The number of hydrogen-bond acceptors (Lipinski definition) is 4. The average molecular weight is 380 g/mol. The second kappa shape index (κ2) is 6.71. The molecule has 5 heteroatoms. The molecule has 0 radical (unpaired) electrons. The monoisotopic (exact) mass is 379 g/mol. The number of nitrogens with zero attached hydrogens (tertiary/aromatic N) is 3. The van der Waals surface area contributed by atoms with Gasteiger partial charge in [-0.2, -0.15) is 9.78 Å². The van der Waals surface area contributed by atoms with E-state index >= 15 is 0 Å². The molecule has 0 unspecified atom stereocenters. The highest BCUT2D eigenvalue weighted by atomic mass is 32.1. The molecule has 27 heavy (non-hydrogen) atoms. The summed E-state index contributed by atoms with van der Waals surface area (Å²) in [4.78, 5) is 20.0. The molecular weight excluding hydrogens is 354 g/mol. The molecule has 1 aromatic carbocycles. The van der Waals surface area contributed by atoms with Crippen molar-refractivity contribution in [2.75, 3.05) is 0 Å². The molecule has 4 rings (SSSR count). The third-order valence-electron chi connectivity index (χ3n) is 5.23. The van der Waals surface area contributed by atoms with E-state index in [0.29, 0.717) is 5.82 Å². The first kappa shape index (κ1) is 18.1. The molecule has 1 aliphatic carbocycles. The third-order valence-corrected chi connectivity index (χ3v) is 6.41. The molecule has 0 aliphatic heterocycles. The molecule has 0 atom stereocenters. The molecule has 2 aromatic heterocycles. The van der Waals surface area contributed by atoms with Gasteiger partial charge in [0.1, 0.15) is 10.7 Å². The highest BCUT2D eigenvalue weighted by Crippen LogP contribution is 2.33. The minimum atomic E-state index is -0.0422. The third kappa shape index (κ3) is 3.36. The molecule has 4 nitrogen and oxygen atoms in total.